The Morgan fingerprint density at radius 3 is 2.85 bits per heavy atom. The van der Waals surface area contributed by atoms with Gasteiger partial charge in [0.15, 0.2) is 0 Å². The number of amides is 1. The smallest absolute Gasteiger partial charge is 0.220 e. The minimum Gasteiger partial charge on any atom is -0.496 e. The van der Waals surface area contributed by atoms with E-state index in [9.17, 15) is 4.79 Å². The highest BCUT2D eigenvalue weighted by molar-refractivity contribution is 5.76. The van der Waals surface area contributed by atoms with Crippen molar-refractivity contribution in [3.63, 3.8) is 0 Å². The molecule has 3 nitrogen and oxygen atoms in total. The van der Waals surface area contributed by atoms with E-state index < -0.39 is 0 Å². The fraction of sp³-hybridized carbons (Fsp3) is 0.588. The van der Waals surface area contributed by atoms with E-state index >= 15 is 0 Å². The van der Waals surface area contributed by atoms with Gasteiger partial charge in [-0.1, -0.05) is 24.6 Å². The van der Waals surface area contributed by atoms with E-state index in [2.05, 4.69) is 5.32 Å². The lowest BCUT2D eigenvalue weighted by molar-refractivity contribution is -0.122. The van der Waals surface area contributed by atoms with Crippen molar-refractivity contribution in [2.24, 2.45) is 17.8 Å². The van der Waals surface area contributed by atoms with Gasteiger partial charge in [-0.05, 0) is 43.1 Å². The predicted octanol–water partition coefficient (Wildman–Crippen LogP) is 3.14. The van der Waals surface area contributed by atoms with Crippen LogP contribution in [0.2, 0.25) is 0 Å². The fourth-order valence-electron chi connectivity index (χ4n) is 3.98. The van der Waals surface area contributed by atoms with Crippen molar-refractivity contribution in [2.75, 3.05) is 7.11 Å². The summed E-state index contributed by atoms with van der Waals surface area (Å²) in [5, 5.41) is 3.04. The quantitative estimate of drug-likeness (QED) is 0.895. The van der Waals surface area contributed by atoms with Crippen LogP contribution in [0.1, 0.15) is 37.7 Å². The Morgan fingerprint density at radius 2 is 2.15 bits per heavy atom. The molecule has 0 saturated heterocycles. The number of carbonyl (C=O) groups excluding carboxylic acids is 1. The van der Waals surface area contributed by atoms with Gasteiger partial charge in [0.05, 0.1) is 7.11 Å². The van der Waals surface area contributed by atoms with E-state index in [1.54, 1.807) is 7.11 Å². The molecule has 1 aromatic rings. The predicted molar refractivity (Wildman–Crippen MR) is 78.4 cm³/mol. The third kappa shape index (κ3) is 2.82. The summed E-state index contributed by atoms with van der Waals surface area (Å²) in [5.41, 5.74) is 1.04. The Balaban J connectivity index is 1.50. The van der Waals surface area contributed by atoms with Gasteiger partial charge in [0.1, 0.15) is 5.75 Å². The molecule has 1 amide bonds. The Kier molecular flexibility index (Phi) is 3.95. The highest BCUT2D eigenvalue weighted by Gasteiger charge is 2.39. The molecule has 3 heteroatoms. The molecule has 0 unspecified atom stereocenters. The Labute approximate surface area is 120 Å². The zero-order valence-corrected chi connectivity index (χ0v) is 12.1. The number of rotatable bonds is 5. The summed E-state index contributed by atoms with van der Waals surface area (Å²) in [5.74, 6) is 3.39. The lowest BCUT2D eigenvalue weighted by Gasteiger charge is -2.21. The van der Waals surface area contributed by atoms with Crippen LogP contribution >= 0.6 is 0 Å². The second kappa shape index (κ2) is 5.86. The molecule has 0 aromatic heterocycles. The largest absolute Gasteiger partial charge is 0.496 e. The van der Waals surface area contributed by atoms with Gasteiger partial charge in [0.2, 0.25) is 5.91 Å². The molecule has 3 atom stereocenters. The summed E-state index contributed by atoms with van der Waals surface area (Å²) in [6, 6.07) is 7.84. The molecular formula is C17H23NO2. The molecule has 0 heterocycles. The first kappa shape index (κ1) is 13.5. The summed E-state index contributed by atoms with van der Waals surface area (Å²) in [7, 11) is 1.66. The van der Waals surface area contributed by atoms with Crippen molar-refractivity contribution in [1.29, 1.82) is 0 Å². The van der Waals surface area contributed by atoms with E-state index in [0.29, 0.717) is 18.9 Å². The topological polar surface area (TPSA) is 38.3 Å². The molecule has 0 aliphatic heterocycles. The molecule has 2 bridgehead atoms. The number of methoxy groups -OCH3 is 1. The monoisotopic (exact) mass is 273 g/mol. The first-order valence-corrected chi connectivity index (χ1v) is 7.65. The van der Waals surface area contributed by atoms with Crippen molar-refractivity contribution in [1.82, 2.24) is 5.32 Å². The van der Waals surface area contributed by atoms with E-state index in [1.807, 2.05) is 24.3 Å². The van der Waals surface area contributed by atoms with Gasteiger partial charge >= 0.3 is 0 Å². The first-order valence-electron chi connectivity index (χ1n) is 7.65. The maximum absolute atomic E-state index is 12.1. The van der Waals surface area contributed by atoms with Crippen LogP contribution in [0.3, 0.4) is 0 Å². The van der Waals surface area contributed by atoms with Crippen LogP contribution < -0.4 is 10.1 Å². The second-order valence-electron chi connectivity index (χ2n) is 6.23. The minimum absolute atomic E-state index is 0.188. The van der Waals surface area contributed by atoms with Crippen molar-refractivity contribution < 1.29 is 9.53 Å². The molecule has 108 valence electrons. The lowest BCUT2D eigenvalue weighted by Crippen LogP contribution is -2.27. The zero-order chi connectivity index (χ0) is 13.9. The van der Waals surface area contributed by atoms with Gasteiger partial charge in [-0.3, -0.25) is 4.79 Å². The standard InChI is InChI=1S/C17H23NO2/c1-20-16-5-3-2-4-14(16)11-18-17(19)10-15-9-12-6-7-13(15)8-12/h2-5,12-13,15H,6-11H2,1H3,(H,18,19)/t12-,13+,15-/m0/s1. The number of hydrogen-bond acceptors (Lipinski definition) is 2. The number of carbonyl (C=O) groups is 1. The SMILES string of the molecule is COc1ccccc1CNC(=O)C[C@@H]1C[C@H]2CC[C@@H]1C2. The van der Waals surface area contributed by atoms with Crippen molar-refractivity contribution in [3.8, 4) is 5.75 Å². The molecule has 0 radical (unpaired) electrons. The number of fused-ring (bicyclic) bond motifs is 2. The molecule has 1 aromatic carbocycles. The van der Waals surface area contributed by atoms with E-state index in [1.165, 1.54) is 25.7 Å². The first-order chi connectivity index (χ1) is 9.76. The van der Waals surface area contributed by atoms with Crippen LogP contribution in [-0.4, -0.2) is 13.0 Å². The molecule has 2 fully saturated rings. The van der Waals surface area contributed by atoms with Crippen LogP contribution in [-0.2, 0) is 11.3 Å². The van der Waals surface area contributed by atoms with E-state index in [4.69, 9.17) is 4.74 Å². The molecule has 2 saturated carbocycles. The average molecular weight is 273 g/mol. The third-order valence-electron chi connectivity index (χ3n) is 5.00. The summed E-state index contributed by atoms with van der Waals surface area (Å²) in [6.07, 6.45) is 6.08. The number of para-hydroxylation sites is 1. The number of hydrogen-bond donors (Lipinski definition) is 1. The van der Waals surface area contributed by atoms with Crippen molar-refractivity contribution in [2.45, 2.75) is 38.6 Å². The molecule has 2 aliphatic carbocycles. The lowest BCUT2D eigenvalue weighted by atomic mass is 9.86. The van der Waals surface area contributed by atoms with Crippen LogP contribution in [0.25, 0.3) is 0 Å². The van der Waals surface area contributed by atoms with E-state index in [0.717, 1.165) is 23.1 Å². The van der Waals surface area contributed by atoms with Gasteiger partial charge in [0, 0.05) is 18.5 Å². The Morgan fingerprint density at radius 1 is 1.30 bits per heavy atom. The van der Waals surface area contributed by atoms with Gasteiger partial charge in [-0.15, -0.1) is 0 Å². The number of ether oxygens (including phenoxy) is 1. The molecule has 20 heavy (non-hydrogen) atoms. The molecular weight excluding hydrogens is 250 g/mol. The van der Waals surface area contributed by atoms with Crippen LogP contribution in [0.4, 0.5) is 0 Å². The Hall–Kier alpha value is -1.51. The number of nitrogens with one attached hydrogen (secondary N) is 1. The van der Waals surface area contributed by atoms with Crippen LogP contribution in [0, 0.1) is 17.8 Å². The summed E-state index contributed by atoms with van der Waals surface area (Å²) in [6.45, 7) is 0.559. The van der Waals surface area contributed by atoms with Gasteiger partial charge in [-0.25, -0.2) is 0 Å². The zero-order valence-electron chi connectivity index (χ0n) is 12.1. The molecule has 1 N–H and O–H groups in total. The summed E-state index contributed by atoms with van der Waals surface area (Å²) < 4.78 is 5.30. The normalized spacial score (nSPS) is 27.6. The average Bonchev–Trinajstić information content (AvgIpc) is 3.08. The highest BCUT2D eigenvalue weighted by Crippen LogP contribution is 2.49. The third-order valence-corrected chi connectivity index (χ3v) is 5.00. The second-order valence-corrected chi connectivity index (χ2v) is 6.23. The molecule has 3 rings (SSSR count). The molecule has 0 spiro atoms. The van der Waals surface area contributed by atoms with Crippen LogP contribution in [0.5, 0.6) is 5.75 Å². The van der Waals surface area contributed by atoms with Gasteiger partial charge < -0.3 is 10.1 Å². The maximum Gasteiger partial charge on any atom is 0.220 e. The summed E-state index contributed by atoms with van der Waals surface area (Å²) in [4.78, 5) is 12.1. The van der Waals surface area contributed by atoms with Crippen molar-refractivity contribution >= 4 is 5.91 Å². The summed E-state index contributed by atoms with van der Waals surface area (Å²) >= 11 is 0. The van der Waals surface area contributed by atoms with E-state index in [-0.39, 0.29) is 5.91 Å². The maximum atomic E-state index is 12.1. The van der Waals surface area contributed by atoms with Gasteiger partial charge in [0.25, 0.3) is 0 Å². The highest BCUT2D eigenvalue weighted by atomic mass is 16.5. The minimum atomic E-state index is 0.188. The van der Waals surface area contributed by atoms with Crippen molar-refractivity contribution in [3.05, 3.63) is 29.8 Å². The van der Waals surface area contributed by atoms with Crippen LogP contribution in [0.15, 0.2) is 24.3 Å². The Bertz CT molecular complexity index is 486. The molecule has 2 aliphatic rings. The van der Waals surface area contributed by atoms with Gasteiger partial charge in [-0.2, -0.15) is 0 Å². The fourth-order valence-corrected chi connectivity index (χ4v) is 3.98. The number of benzene rings is 1.